The van der Waals surface area contributed by atoms with E-state index in [0.717, 1.165) is 15.4 Å². The summed E-state index contributed by atoms with van der Waals surface area (Å²) in [6.45, 7) is 0. The van der Waals surface area contributed by atoms with Gasteiger partial charge in [0.05, 0.1) is 9.35 Å². The third-order valence-corrected chi connectivity index (χ3v) is 5.69. The smallest absolute Gasteiger partial charge is 0.273 e. The number of hydrogen-bond donors (Lipinski definition) is 3. The van der Waals surface area contributed by atoms with Crippen molar-refractivity contribution in [2.75, 3.05) is 10.6 Å². The fourth-order valence-electron chi connectivity index (χ4n) is 2.73. The van der Waals surface area contributed by atoms with E-state index in [4.69, 9.17) is 0 Å². The van der Waals surface area contributed by atoms with Crippen LogP contribution in [-0.4, -0.2) is 16.8 Å². The number of carbonyl (C=O) groups excluding carboxylic acids is 2. The average Bonchev–Trinajstić information content (AvgIpc) is 3.31. The Hall–Kier alpha value is -2.90. The van der Waals surface area contributed by atoms with Crippen molar-refractivity contribution in [3.63, 3.8) is 0 Å². The van der Waals surface area contributed by atoms with E-state index in [2.05, 4.69) is 31.5 Å². The van der Waals surface area contributed by atoms with Crippen molar-refractivity contribution in [3.8, 4) is 0 Å². The normalized spacial score (nSPS) is 10.7. The molecule has 0 saturated carbocycles. The van der Waals surface area contributed by atoms with Crippen LogP contribution in [0, 0.1) is 0 Å². The Labute approximate surface area is 167 Å². The van der Waals surface area contributed by atoms with Crippen molar-refractivity contribution in [2.24, 2.45) is 0 Å². The number of anilines is 2. The molecule has 0 atom stereocenters. The molecule has 0 radical (unpaired) electrons. The zero-order valence-electron chi connectivity index (χ0n) is 14.0. The molecule has 7 heteroatoms. The molecule has 0 aliphatic carbocycles. The summed E-state index contributed by atoms with van der Waals surface area (Å²) < 4.78 is 0.720. The van der Waals surface area contributed by atoms with Gasteiger partial charge in [-0.3, -0.25) is 9.59 Å². The maximum Gasteiger partial charge on any atom is 0.273 e. The highest BCUT2D eigenvalue weighted by atomic mass is 79.9. The van der Waals surface area contributed by atoms with Crippen molar-refractivity contribution in [1.82, 2.24) is 4.98 Å². The van der Waals surface area contributed by atoms with E-state index >= 15 is 0 Å². The van der Waals surface area contributed by atoms with Gasteiger partial charge >= 0.3 is 0 Å². The van der Waals surface area contributed by atoms with Crippen LogP contribution in [0.15, 0.2) is 70.5 Å². The first kappa shape index (κ1) is 17.5. The number of carbonyl (C=O) groups is 2. The number of fused-ring (bicyclic) bond motifs is 1. The van der Waals surface area contributed by atoms with Crippen molar-refractivity contribution >= 4 is 61.4 Å². The summed E-state index contributed by atoms with van der Waals surface area (Å²) in [7, 11) is 0. The molecule has 0 aliphatic rings. The van der Waals surface area contributed by atoms with Gasteiger partial charge in [-0.1, -0.05) is 30.3 Å². The maximum atomic E-state index is 12.7. The molecule has 0 spiro atoms. The zero-order chi connectivity index (χ0) is 18.8. The Bertz CT molecular complexity index is 1140. The van der Waals surface area contributed by atoms with Gasteiger partial charge < -0.3 is 15.6 Å². The van der Waals surface area contributed by atoms with E-state index < -0.39 is 0 Å². The van der Waals surface area contributed by atoms with Crippen molar-refractivity contribution in [3.05, 3.63) is 81.1 Å². The molecule has 4 rings (SSSR count). The van der Waals surface area contributed by atoms with Crippen LogP contribution < -0.4 is 10.6 Å². The quantitative estimate of drug-likeness (QED) is 0.392. The lowest BCUT2D eigenvalue weighted by molar-refractivity contribution is 0.101. The summed E-state index contributed by atoms with van der Waals surface area (Å²) in [4.78, 5) is 28.6. The maximum absolute atomic E-state index is 12.7. The molecule has 2 aromatic carbocycles. The molecule has 2 amide bonds. The SMILES string of the molecule is O=C(Nc1cccc(NC(=O)c2[nH]c3ccccc3c2Br)c1)c1cccs1. The van der Waals surface area contributed by atoms with Crippen molar-refractivity contribution in [1.29, 1.82) is 0 Å². The van der Waals surface area contributed by atoms with Crippen LogP contribution >= 0.6 is 27.3 Å². The van der Waals surface area contributed by atoms with Gasteiger partial charge in [0.25, 0.3) is 11.8 Å². The van der Waals surface area contributed by atoms with Crippen LogP contribution in [0.2, 0.25) is 0 Å². The monoisotopic (exact) mass is 439 g/mol. The van der Waals surface area contributed by atoms with E-state index in [1.165, 1.54) is 11.3 Å². The van der Waals surface area contributed by atoms with Gasteiger partial charge in [0, 0.05) is 22.3 Å². The second-order valence-electron chi connectivity index (χ2n) is 5.83. The summed E-state index contributed by atoms with van der Waals surface area (Å²) in [5.74, 6) is -0.438. The molecule has 2 aromatic heterocycles. The Morgan fingerprint density at radius 3 is 2.33 bits per heavy atom. The number of aromatic amines is 1. The summed E-state index contributed by atoms with van der Waals surface area (Å²) in [5, 5.41) is 8.49. The number of H-pyrrole nitrogens is 1. The molecule has 5 nitrogen and oxygen atoms in total. The van der Waals surface area contributed by atoms with Crippen LogP contribution in [-0.2, 0) is 0 Å². The molecule has 27 heavy (non-hydrogen) atoms. The predicted octanol–water partition coefficient (Wildman–Crippen LogP) is 5.50. The lowest BCUT2D eigenvalue weighted by atomic mass is 10.2. The van der Waals surface area contributed by atoms with Gasteiger partial charge in [-0.2, -0.15) is 0 Å². The molecule has 0 unspecified atom stereocenters. The number of para-hydroxylation sites is 1. The predicted molar refractivity (Wildman–Crippen MR) is 113 cm³/mol. The summed E-state index contributed by atoms with van der Waals surface area (Å²) in [6.07, 6.45) is 0. The number of hydrogen-bond acceptors (Lipinski definition) is 3. The van der Waals surface area contributed by atoms with E-state index in [9.17, 15) is 9.59 Å². The molecule has 0 fully saturated rings. The van der Waals surface area contributed by atoms with Gasteiger partial charge in [-0.05, 0) is 51.6 Å². The van der Waals surface area contributed by atoms with E-state index in [0.29, 0.717) is 21.9 Å². The lowest BCUT2D eigenvalue weighted by Crippen LogP contribution is -2.14. The third-order valence-electron chi connectivity index (χ3n) is 3.99. The van der Waals surface area contributed by atoms with Crippen molar-refractivity contribution < 1.29 is 9.59 Å². The van der Waals surface area contributed by atoms with Gasteiger partial charge in [-0.25, -0.2) is 0 Å². The van der Waals surface area contributed by atoms with E-state index in [1.807, 2.05) is 35.7 Å². The largest absolute Gasteiger partial charge is 0.350 e. The summed E-state index contributed by atoms with van der Waals surface area (Å²) in [5.41, 5.74) is 2.53. The minimum absolute atomic E-state index is 0.174. The summed E-state index contributed by atoms with van der Waals surface area (Å²) >= 11 is 4.86. The number of nitrogens with one attached hydrogen (secondary N) is 3. The minimum atomic E-state index is -0.264. The molecule has 0 bridgehead atoms. The average molecular weight is 440 g/mol. The number of rotatable bonds is 4. The molecule has 0 aliphatic heterocycles. The molecule has 2 heterocycles. The number of aromatic nitrogens is 1. The first-order valence-electron chi connectivity index (χ1n) is 8.14. The zero-order valence-corrected chi connectivity index (χ0v) is 16.4. The van der Waals surface area contributed by atoms with E-state index in [-0.39, 0.29) is 11.8 Å². The first-order chi connectivity index (χ1) is 13.1. The second-order valence-corrected chi connectivity index (χ2v) is 7.57. The van der Waals surface area contributed by atoms with Crippen molar-refractivity contribution in [2.45, 2.75) is 0 Å². The summed E-state index contributed by atoms with van der Waals surface area (Å²) in [6, 6.07) is 18.3. The fourth-order valence-corrected chi connectivity index (χ4v) is 3.98. The van der Waals surface area contributed by atoms with Crippen LogP contribution in [0.3, 0.4) is 0 Å². The van der Waals surface area contributed by atoms with Gasteiger partial charge in [0.1, 0.15) is 5.69 Å². The number of benzene rings is 2. The number of thiophene rings is 1. The molecule has 4 aromatic rings. The molecule has 3 N–H and O–H groups in total. The minimum Gasteiger partial charge on any atom is -0.350 e. The Morgan fingerprint density at radius 1 is 0.889 bits per heavy atom. The molecular formula is C20H14BrN3O2S. The first-order valence-corrected chi connectivity index (χ1v) is 9.81. The van der Waals surface area contributed by atoms with Gasteiger partial charge in [0.2, 0.25) is 0 Å². The van der Waals surface area contributed by atoms with Crippen LogP contribution in [0.25, 0.3) is 10.9 Å². The van der Waals surface area contributed by atoms with E-state index in [1.54, 1.807) is 30.3 Å². The third kappa shape index (κ3) is 3.65. The van der Waals surface area contributed by atoms with Crippen LogP contribution in [0.1, 0.15) is 20.2 Å². The molecule has 134 valence electrons. The van der Waals surface area contributed by atoms with Gasteiger partial charge in [-0.15, -0.1) is 11.3 Å². The standard InChI is InChI=1S/C20H14BrN3O2S/c21-17-14-7-1-2-8-15(14)24-18(17)20(26)23-13-6-3-5-12(11-13)22-19(25)16-9-4-10-27-16/h1-11,24H,(H,22,25)(H,23,26). The Kier molecular flexibility index (Phi) is 4.79. The van der Waals surface area contributed by atoms with Crippen LogP contribution in [0.5, 0.6) is 0 Å². The lowest BCUT2D eigenvalue weighted by Gasteiger charge is -2.08. The highest BCUT2D eigenvalue weighted by molar-refractivity contribution is 9.10. The second kappa shape index (κ2) is 7.38. The van der Waals surface area contributed by atoms with Crippen LogP contribution in [0.4, 0.5) is 11.4 Å². The number of halogens is 1. The number of amides is 2. The topological polar surface area (TPSA) is 74.0 Å². The Morgan fingerprint density at radius 2 is 1.63 bits per heavy atom. The highest BCUT2D eigenvalue weighted by Gasteiger charge is 2.16. The fraction of sp³-hybridized carbons (Fsp3) is 0. The molecule has 0 saturated heterocycles. The Balaban J connectivity index is 1.53. The highest BCUT2D eigenvalue weighted by Crippen LogP contribution is 2.28. The molecular weight excluding hydrogens is 426 g/mol. The van der Waals surface area contributed by atoms with Gasteiger partial charge in [0.15, 0.2) is 0 Å².